The van der Waals surface area contributed by atoms with Crippen molar-refractivity contribution in [3.8, 4) is 11.3 Å². The molecule has 0 unspecified atom stereocenters. The molecule has 4 heterocycles. The van der Waals surface area contributed by atoms with E-state index in [-0.39, 0.29) is 23.0 Å². The van der Waals surface area contributed by atoms with E-state index in [1.165, 1.54) is 4.52 Å². The van der Waals surface area contributed by atoms with Crippen molar-refractivity contribution in [1.29, 1.82) is 0 Å². The van der Waals surface area contributed by atoms with Crippen LogP contribution in [-0.2, 0) is 11.3 Å². The molecule has 5 rings (SSSR count). The summed E-state index contributed by atoms with van der Waals surface area (Å²) in [5.74, 6) is -1.08. The zero-order chi connectivity index (χ0) is 22.8. The number of hydrogen-bond donors (Lipinski definition) is 1. The van der Waals surface area contributed by atoms with Gasteiger partial charge in [-0.1, -0.05) is 6.07 Å². The molecule has 9 nitrogen and oxygen atoms in total. The van der Waals surface area contributed by atoms with Crippen molar-refractivity contribution in [2.24, 2.45) is 5.73 Å². The number of nitrogens with two attached hydrogens (primary N) is 1. The molecule has 0 saturated carbocycles. The highest BCUT2D eigenvalue weighted by Crippen LogP contribution is 2.24. The third-order valence-electron chi connectivity index (χ3n) is 4.96. The first-order valence-corrected chi connectivity index (χ1v) is 9.74. The van der Waals surface area contributed by atoms with Gasteiger partial charge in [-0.3, -0.25) is 9.59 Å². The number of aryl methyl sites for hydroxylation is 1. The number of carbonyl (C=O) groups excluding carboxylic acids is 2. The standard InChI is InChI=1S/C13H8F2N4O.C8H11N3O/c14-7-4-5-9(15)8(6-7)10-2-1-3-11-17-13(12(16)20)18-19(10)11;1-10-7-4-5-9-11(7)6-2-3-8(10)12/h1-6H,(H2,16,20);4-5H,2-3,6H2,1H3. The number of halogens is 2. The largest absolute Gasteiger partial charge is 0.363 e. The lowest BCUT2D eigenvalue weighted by molar-refractivity contribution is -0.118. The average molecular weight is 439 g/mol. The summed E-state index contributed by atoms with van der Waals surface area (Å²) < 4.78 is 30.2. The second-order valence-corrected chi connectivity index (χ2v) is 7.07. The highest BCUT2D eigenvalue weighted by Gasteiger charge is 2.18. The number of benzene rings is 1. The van der Waals surface area contributed by atoms with Crippen LogP contribution < -0.4 is 10.6 Å². The molecule has 3 aromatic heterocycles. The summed E-state index contributed by atoms with van der Waals surface area (Å²) in [6.07, 6.45) is 3.24. The van der Waals surface area contributed by atoms with Crippen LogP contribution in [0.3, 0.4) is 0 Å². The Morgan fingerprint density at radius 1 is 1.16 bits per heavy atom. The van der Waals surface area contributed by atoms with Gasteiger partial charge in [0.15, 0.2) is 5.65 Å². The molecule has 2 N–H and O–H groups in total. The van der Waals surface area contributed by atoms with E-state index in [1.807, 2.05) is 10.7 Å². The van der Waals surface area contributed by atoms with Crippen molar-refractivity contribution in [1.82, 2.24) is 24.4 Å². The van der Waals surface area contributed by atoms with E-state index in [1.54, 1.807) is 36.3 Å². The van der Waals surface area contributed by atoms with Gasteiger partial charge in [-0.05, 0) is 36.8 Å². The van der Waals surface area contributed by atoms with Gasteiger partial charge in [0.1, 0.15) is 17.5 Å². The van der Waals surface area contributed by atoms with E-state index in [2.05, 4.69) is 15.2 Å². The number of fused-ring (bicyclic) bond motifs is 2. The van der Waals surface area contributed by atoms with Crippen molar-refractivity contribution in [3.63, 3.8) is 0 Å². The molecule has 0 spiro atoms. The Balaban J connectivity index is 0.000000174. The van der Waals surface area contributed by atoms with Crippen LogP contribution in [0.25, 0.3) is 16.9 Å². The first kappa shape index (κ1) is 21.1. The minimum Gasteiger partial charge on any atom is -0.363 e. The number of rotatable bonds is 2. The molecule has 1 aromatic carbocycles. The highest BCUT2D eigenvalue weighted by atomic mass is 19.1. The van der Waals surface area contributed by atoms with Gasteiger partial charge >= 0.3 is 0 Å². The molecule has 0 atom stereocenters. The lowest BCUT2D eigenvalue weighted by Gasteiger charge is -2.13. The molecule has 4 aromatic rings. The number of primary amides is 1. The summed E-state index contributed by atoms with van der Waals surface area (Å²) >= 11 is 0. The second-order valence-electron chi connectivity index (χ2n) is 7.07. The van der Waals surface area contributed by atoms with Crippen LogP contribution in [0.1, 0.15) is 23.5 Å². The molecular weight excluding hydrogens is 420 g/mol. The summed E-state index contributed by atoms with van der Waals surface area (Å²) in [4.78, 5) is 28.0. The molecular formula is C21H19F2N7O2. The second kappa shape index (κ2) is 8.53. The van der Waals surface area contributed by atoms with Crippen molar-refractivity contribution in [3.05, 3.63) is 66.1 Å². The van der Waals surface area contributed by atoms with E-state index in [0.717, 1.165) is 37.0 Å². The fourth-order valence-electron chi connectivity index (χ4n) is 3.37. The van der Waals surface area contributed by atoms with Crippen LogP contribution in [0.5, 0.6) is 0 Å². The third-order valence-corrected chi connectivity index (χ3v) is 4.96. The quantitative estimate of drug-likeness (QED) is 0.516. The highest BCUT2D eigenvalue weighted by molar-refractivity contribution is 5.92. The van der Waals surface area contributed by atoms with Crippen LogP contribution in [0.4, 0.5) is 14.6 Å². The molecule has 0 saturated heterocycles. The number of amides is 2. The fraction of sp³-hybridized carbons (Fsp3) is 0.190. The maximum Gasteiger partial charge on any atom is 0.288 e. The number of aromatic nitrogens is 5. The van der Waals surface area contributed by atoms with E-state index in [9.17, 15) is 18.4 Å². The lowest BCUT2D eigenvalue weighted by atomic mass is 10.1. The molecule has 164 valence electrons. The Bertz CT molecular complexity index is 1310. The van der Waals surface area contributed by atoms with Crippen LogP contribution in [0.15, 0.2) is 48.7 Å². The summed E-state index contributed by atoms with van der Waals surface area (Å²) in [7, 11) is 1.79. The normalized spacial score (nSPS) is 13.3. The minimum absolute atomic E-state index is 0.0246. The minimum atomic E-state index is -0.792. The molecule has 1 aliphatic heterocycles. The SMILES string of the molecule is CN1C(=O)CCCn2nccc21.NC(=O)c1nc2cccc(-c3cc(F)ccc3F)n2n1. The maximum absolute atomic E-state index is 13.8. The predicted molar refractivity (Wildman–Crippen MR) is 112 cm³/mol. The number of nitrogens with zero attached hydrogens (tertiary/aromatic N) is 6. The van der Waals surface area contributed by atoms with Crippen molar-refractivity contribution < 1.29 is 18.4 Å². The Kier molecular flexibility index (Phi) is 5.63. The number of hydrogen-bond acceptors (Lipinski definition) is 5. The number of anilines is 1. The van der Waals surface area contributed by atoms with E-state index < -0.39 is 17.5 Å². The molecule has 2 amide bonds. The topological polar surface area (TPSA) is 111 Å². The molecule has 32 heavy (non-hydrogen) atoms. The van der Waals surface area contributed by atoms with Gasteiger partial charge in [-0.15, -0.1) is 5.10 Å². The van der Waals surface area contributed by atoms with Gasteiger partial charge in [-0.25, -0.2) is 23.0 Å². The zero-order valence-corrected chi connectivity index (χ0v) is 17.1. The third kappa shape index (κ3) is 4.04. The smallest absolute Gasteiger partial charge is 0.288 e. The first-order valence-electron chi connectivity index (χ1n) is 9.74. The van der Waals surface area contributed by atoms with Gasteiger partial charge in [-0.2, -0.15) is 5.10 Å². The maximum atomic E-state index is 13.8. The number of pyridine rings is 1. The van der Waals surface area contributed by atoms with Crippen LogP contribution >= 0.6 is 0 Å². The Morgan fingerprint density at radius 3 is 2.75 bits per heavy atom. The summed E-state index contributed by atoms with van der Waals surface area (Å²) in [5.41, 5.74) is 5.73. The van der Waals surface area contributed by atoms with Crippen molar-refractivity contribution in [2.45, 2.75) is 19.4 Å². The van der Waals surface area contributed by atoms with E-state index >= 15 is 0 Å². The Labute approximate surface area is 181 Å². The molecule has 11 heteroatoms. The molecule has 0 bridgehead atoms. The average Bonchev–Trinajstić information content (AvgIpc) is 3.39. The van der Waals surface area contributed by atoms with Gasteiger partial charge in [0.25, 0.3) is 5.91 Å². The van der Waals surface area contributed by atoms with E-state index in [0.29, 0.717) is 12.1 Å². The lowest BCUT2D eigenvalue weighted by Crippen LogP contribution is -2.25. The van der Waals surface area contributed by atoms with Gasteiger partial charge in [0, 0.05) is 31.6 Å². The first-order chi connectivity index (χ1) is 15.3. The van der Waals surface area contributed by atoms with Crippen LogP contribution in [-0.4, -0.2) is 43.2 Å². The van der Waals surface area contributed by atoms with Crippen molar-refractivity contribution >= 4 is 23.3 Å². The summed E-state index contributed by atoms with van der Waals surface area (Å²) in [5, 5.41) is 8.03. The molecule has 1 aliphatic rings. The van der Waals surface area contributed by atoms with Gasteiger partial charge in [0.2, 0.25) is 11.7 Å². The van der Waals surface area contributed by atoms with Crippen LogP contribution in [0, 0.1) is 11.6 Å². The van der Waals surface area contributed by atoms with Crippen LogP contribution in [0.2, 0.25) is 0 Å². The van der Waals surface area contributed by atoms with Gasteiger partial charge in [0.05, 0.1) is 11.9 Å². The number of carbonyl (C=O) groups is 2. The Hall–Kier alpha value is -4.15. The zero-order valence-electron chi connectivity index (χ0n) is 17.1. The molecule has 0 fully saturated rings. The predicted octanol–water partition coefficient (Wildman–Crippen LogP) is 2.41. The van der Waals surface area contributed by atoms with Gasteiger partial charge < -0.3 is 10.6 Å². The van der Waals surface area contributed by atoms with E-state index in [4.69, 9.17) is 5.73 Å². The molecule has 0 radical (unpaired) electrons. The Morgan fingerprint density at radius 2 is 1.97 bits per heavy atom. The summed E-state index contributed by atoms with van der Waals surface area (Å²) in [6, 6.07) is 9.70. The monoisotopic (exact) mass is 439 g/mol. The van der Waals surface area contributed by atoms with Crippen molar-refractivity contribution in [2.75, 3.05) is 11.9 Å². The molecule has 0 aliphatic carbocycles. The fourth-order valence-corrected chi connectivity index (χ4v) is 3.37. The summed E-state index contributed by atoms with van der Waals surface area (Å²) in [6.45, 7) is 0.846.